The van der Waals surface area contributed by atoms with E-state index in [1.165, 1.54) is 0 Å². The summed E-state index contributed by atoms with van der Waals surface area (Å²) in [6.07, 6.45) is 4.79. The third kappa shape index (κ3) is 4.21. The Balaban J connectivity index is 1.93. The molecular weight excluding hydrogens is 268 g/mol. The number of carboxylic acids is 1. The predicted molar refractivity (Wildman–Crippen MR) is 81.1 cm³/mol. The first-order chi connectivity index (χ1) is 10.1. The number of benzene rings is 1. The SMILES string of the molecule is O=C(CNc1ccccc1)NC1(C(=O)O)CCCCCC1. The molecule has 0 radical (unpaired) electrons. The zero-order chi connectivity index (χ0) is 15.1. The van der Waals surface area contributed by atoms with Gasteiger partial charge in [-0.15, -0.1) is 0 Å². The summed E-state index contributed by atoms with van der Waals surface area (Å²) in [5.74, 6) is -1.19. The van der Waals surface area contributed by atoms with Crippen molar-refractivity contribution in [3.8, 4) is 0 Å². The highest BCUT2D eigenvalue weighted by Crippen LogP contribution is 2.27. The Hall–Kier alpha value is -2.04. The topological polar surface area (TPSA) is 78.4 Å². The molecule has 0 aliphatic heterocycles. The summed E-state index contributed by atoms with van der Waals surface area (Å²) in [5.41, 5.74) is -0.246. The van der Waals surface area contributed by atoms with E-state index in [9.17, 15) is 14.7 Å². The van der Waals surface area contributed by atoms with E-state index in [0.29, 0.717) is 12.8 Å². The second kappa shape index (κ2) is 7.11. The molecule has 5 nitrogen and oxygen atoms in total. The Kier molecular flexibility index (Phi) is 5.20. The van der Waals surface area contributed by atoms with Crippen molar-refractivity contribution in [1.82, 2.24) is 5.32 Å². The van der Waals surface area contributed by atoms with Gasteiger partial charge in [-0.05, 0) is 25.0 Å². The monoisotopic (exact) mass is 290 g/mol. The van der Waals surface area contributed by atoms with E-state index >= 15 is 0 Å². The third-order valence-electron chi connectivity index (χ3n) is 3.97. The zero-order valence-corrected chi connectivity index (χ0v) is 12.1. The van der Waals surface area contributed by atoms with E-state index in [2.05, 4.69) is 10.6 Å². The summed E-state index contributed by atoms with van der Waals surface area (Å²) in [7, 11) is 0. The van der Waals surface area contributed by atoms with Gasteiger partial charge in [-0.1, -0.05) is 43.9 Å². The van der Waals surface area contributed by atoms with E-state index in [0.717, 1.165) is 31.4 Å². The second-order valence-corrected chi connectivity index (χ2v) is 5.57. The van der Waals surface area contributed by atoms with Gasteiger partial charge in [0.25, 0.3) is 0 Å². The smallest absolute Gasteiger partial charge is 0.329 e. The van der Waals surface area contributed by atoms with E-state index in [1.807, 2.05) is 30.3 Å². The normalized spacial score (nSPS) is 17.5. The highest BCUT2D eigenvalue weighted by atomic mass is 16.4. The molecule has 1 fully saturated rings. The predicted octanol–water partition coefficient (Wildman–Crippen LogP) is 2.39. The van der Waals surface area contributed by atoms with Crippen molar-refractivity contribution in [2.24, 2.45) is 0 Å². The van der Waals surface area contributed by atoms with Gasteiger partial charge in [0.15, 0.2) is 0 Å². The summed E-state index contributed by atoms with van der Waals surface area (Å²) < 4.78 is 0. The number of hydrogen-bond acceptors (Lipinski definition) is 3. The van der Waals surface area contributed by atoms with Gasteiger partial charge in [0.2, 0.25) is 5.91 Å². The van der Waals surface area contributed by atoms with Crippen LogP contribution in [0.25, 0.3) is 0 Å². The average Bonchev–Trinajstić information content (AvgIpc) is 2.73. The van der Waals surface area contributed by atoms with Gasteiger partial charge in [0, 0.05) is 5.69 Å². The molecule has 0 unspecified atom stereocenters. The molecule has 1 amide bonds. The lowest BCUT2D eigenvalue weighted by atomic mass is 9.90. The van der Waals surface area contributed by atoms with Crippen molar-refractivity contribution < 1.29 is 14.7 Å². The maximum absolute atomic E-state index is 12.1. The molecule has 0 atom stereocenters. The number of nitrogens with one attached hydrogen (secondary N) is 2. The number of anilines is 1. The second-order valence-electron chi connectivity index (χ2n) is 5.57. The third-order valence-corrected chi connectivity index (χ3v) is 3.97. The Morgan fingerprint density at radius 1 is 1.05 bits per heavy atom. The molecular formula is C16H22N2O3. The maximum atomic E-state index is 12.1. The highest BCUT2D eigenvalue weighted by molar-refractivity contribution is 5.89. The summed E-state index contributed by atoms with van der Waals surface area (Å²) in [6.45, 7) is 0.0824. The largest absolute Gasteiger partial charge is 0.480 e. The molecule has 3 N–H and O–H groups in total. The minimum atomic E-state index is -1.09. The number of para-hydroxylation sites is 1. The van der Waals surface area contributed by atoms with Gasteiger partial charge in [-0.25, -0.2) is 4.79 Å². The lowest BCUT2D eigenvalue weighted by Crippen LogP contribution is -2.55. The number of carboxylic acid groups (broad SMARTS) is 1. The van der Waals surface area contributed by atoms with E-state index in [4.69, 9.17) is 0 Å². The van der Waals surface area contributed by atoms with Gasteiger partial charge < -0.3 is 15.7 Å². The van der Waals surface area contributed by atoms with Crippen LogP contribution in [-0.4, -0.2) is 29.1 Å². The molecule has 114 valence electrons. The molecule has 0 heterocycles. The molecule has 21 heavy (non-hydrogen) atoms. The highest BCUT2D eigenvalue weighted by Gasteiger charge is 2.39. The van der Waals surface area contributed by atoms with Crippen LogP contribution in [0.2, 0.25) is 0 Å². The van der Waals surface area contributed by atoms with Crippen LogP contribution in [0, 0.1) is 0 Å². The van der Waals surface area contributed by atoms with Crippen molar-refractivity contribution in [1.29, 1.82) is 0 Å². The van der Waals surface area contributed by atoms with E-state index in [1.54, 1.807) is 0 Å². The van der Waals surface area contributed by atoms with Gasteiger partial charge in [-0.2, -0.15) is 0 Å². The molecule has 0 spiro atoms. The van der Waals surface area contributed by atoms with Crippen molar-refractivity contribution in [2.75, 3.05) is 11.9 Å². The summed E-state index contributed by atoms with van der Waals surface area (Å²) in [4.78, 5) is 23.7. The fourth-order valence-corrected chi connectivity index (χ4v) is 2.77. The quantitative estimate of drug-likeness (QED) is 0.728. The molecule has 0 saturated heterocycles. The Morgan fingerprint density at radius 2 is 1.67 bits per heavy atom. The summed E-state index contributed by atoms with van der Waals surface area (Å²) >= 11 is 0. The number of amides is 1. The Labute approximate surface area is 124 Å². The molecule has 0 bridgehead atoms. The minimum Gasteiger partial charge on any atom is -0.480 e. The van der Waals surface area contributed by atoms with Crippen LogP contribution in [-0.2, 0) is 9.59 Å². The molecule has 1 saturated carbocycles. The summed E-state index contributed by atoms with van der Waals surface area (Å²) in [5, 5.41) is 15.3. The van der Waals surface area contributed by atoms with Gasteiger partial charge >= 0.3 is 5.97 Å². The first-order valence-corrected chi connectivity index (χ1v) is 7.46. The molecule has 0 aromatic heterocycles. The van der Waals surface area contributed by atoms with Crippen LogP contribution in [0.3, 0.4) is 0 Å². The first-order valence-electron chi connectivity index (χ1n) is 7.46. The van der Waals surface area contributed by atoms with Crippen LogP contribution < -0.4 is 10.6 Å². The zero-order valence-electron chi connectivity index (χ0n) is 12.1. The van der Waals surface area contributed by atoms with Crippen LogP contribution in [0.4, 0.5) is 5.69 Å². The number of carbonyl (C=O) groups excluding carboxylic acids is 1. The Bertz CT molecular complexity index is 480. The molecule has 1 aliphatic rings. The van der Waals surface area contributed by atoms with Crippen LogP contribution in [0.1, 0.15) is 38.5 Å². The molecule has 2 rings (SSSR count). The Morgan fingerprint density at radius 3 is 2.24 bits per heavy atom. The lowest BCUT2D eigenvalue weighted by molar-refractivity contribution is -0.148. The molecule has 1 aliphatic carbocycles. The van der Waals surface area contributed by atoms with E-state index in [-0.39, 0.29) is 12.5 Å². The molecule has 5 heteroatoms. The van der Waals surface area contributed by atoms with Crippen LogP contribution in [0.15, 0.2) is 30.3 Å². The van der Waals surface area contributed by atoms with Crippen LogP contribution >= 0.6 is 0 Å². The van der Waals surface area contributed by atoms with Gasteiger partial charge in [-0.3, -0.25) is 4.79 Å². The first kappa shape index (κ1) is 15.4. The maximum Gasteiger partial charge on any atom is 0.329 e. The number of carbonyl (C=O) groups is 2. The van der Waals surface area contributed by atoms with Gasteiger partial charge in [0.1, 0.15) is 5.54 Å². The molecule has 1 aromatic rings. The van der Waals surface area contributed by atoms with Crippen molar-refractivity contribution in [3.05, 3.63) is 30.3 Å². The standard InChI is InChI=1S/C16H22N2O3/c19-14(12-17-13-8-4-3-5-9-13)18-16(15(20)21)10-6-1-2-7-11-16/h3-5,8-9,17H,1-2,6-7,10-12H2,(H,18,19)(H,20,21). The molecule has 1 aromatic carbocycles. The van der Waals surface area contributed by atoms with Crippen LogP contribution in [0.5, 0.6) is 0 Å². The van der Waals surface area contributed by atoms with E-state index < -0.39 is 11.5 Å². The fraction of sp³-hybridized carbons (Fsp3) is 0.500. The number of hydrogen-bond donors (Lipinski definition) is 3. The minimum absolute atomic E-state index is 0.0824. The average molecular weight is 290 g/mol. The summed E-state index contributed by atoms with van der Waals surface area (Å²) in [6, 6.07) is 9.39. The van der Waals surface area contributed by atoms with Crippen molar-refractivity contribution >= 4 is 17.6 Å². The fourth-order valence-electron chi connectivity index (χ4n) is 2.77. The van der Waals surface area contributed by atoms with Gasteiger partial charge in [0.05, 0.1) is 6.54 Å². The number of aliphatic carboxylic acids is 1. The number of rotatable bonds is 5. The lowest BCUT2D eigenvalue weighted by Gasteiger charge is -2.29. The van der Waals surface area contributed by atoms with Crippen molar-refractivity contribution in [3.63, 3.8) is 0 Å². The van der Waals surface area contributed by atoms with Crippen molar-refractivity contribution in [2.45, 2.75) is 44.1 Å².